The molecule has 1 aromatic carbocycles. The topological polar surface area (TPSA) is 117 Å². The fraction of sp³-hybridized carbons (Fsp3) is 0.391. The molecule has 1 unspecified atom stereocenters. The third-order valence-corrected chi connectivity index (χ3v) is 7.24. The van der Waals surface area contributed by atoms with Crippen LogP contribution in [0.5, 0.6) is 0 Å². The van der Waals surface area contributed by atoms with E-state index in [2.05, 4.69) is 18.0 Å². The van der Waals surface area contributed by atoms with E-state index in [-0.39, 0.29) is 10.8 Å². The number of nitrogens with zero attached hydrogens (tertiary/aromatic N) is 5. The molecule has 9 nitrogen and oxygen atoms in total. The molecule has 3 aromatic rings. The van der Waals surface area contributed by atoms with Gasteiger partial charge in [0.15, 0.2) is 0 Å². The Balaban J connectivity index is 1.72. The van der Waals surface area contributed by atoms with E-state index < -0.39 is 16.1 Å². The van der Waals surface area contributed by atoms with Gasteiger partial charge in [0.1, 0.15) is 17.8 Å². The van der Waals surface area contributed by atoms with E-state index >= 15 is 0 Å². The maximum atomic E-state index is 13.8. The molecule has 0 saturated carbocycles. The highest BCUT2D eigenvalue weighted by Gasteiger charge is 2.28. The van der Waals surface area contributed by atoms with Crippen molar-refractivity contribution in [3.63, 3.8) is 0 Å². The van der Waals surface area contributed by atoms with Gasteiger partial charge in [-0.25, -0.2) is 13.6 Å². The van der Waals surface area contributed by atoms with Crippen molar-refractivity contribution in [3.8, 4) is 6.07 Å². The number of aromatic nitrogens is 2. The van der Waals surface area contributed by atoms with Crippen LogP contribution in [0.15, 0.2) is 53.7 Å². The number of hydrogen-bond donors (Lipinski definition) is 1. The molecule has 1 fully saturated rings. The Morgan fingerprint density at radius 2 is 1.94 bits per heavy atom. The van der Waals surface area contributed by atoms with E-state index in [1.165, 1.54) is 6.07 Å². The monoisotopic (exact) mass is 468 g/mol. The zero-order valence-corrected chi connectivity index (χ0v) is 19.4. The number of rotatable bonds is 6. The highest BCUT2D eigenvalue weighted by atomic mass is 32.2. The lowest BCUT2D eigenvalue weighted by molar-refractivity contribution is -0.134. The number of nitriles is 1. The summed E-state index contributed by atoms with van der Waals surface area (Å²) in [7, 11) is -1.85. The molecular formula is C23H28N6O3S. The van der Waals surface area contributed by atoms with Crippen LogP contribution in [0.25, 0.3) is 10.9 Å². The van der Waals surface area contributed by atoms with Gasteiger partial charge < -0.3 is 18.9 Å². The predicted octanol–water partition coefficient (Wildman–Crippen LogP) is 1.76. The quantitative estimate of drug-likeness (QED) is 0.592. The summed E-state index contributed by atoms with van der Waals surface area (Å²) in [5, 5.41) is 15.3. The SMILES string of the molecule is CN1CCCN(C(=O)C(CCn2cccc2C#N)n2ccc3c(S(N)(=O)=O)cccc32)CC1. The largest absolute Gasteiger partial charge is 0.340 e. The number of primary sulfonamides is 1. The fourth-order valence-electron chi connectivity index (χ4n) is 4.51. The van der Waals surface area contributed by atoms with Gasteiger partial charge in [0.2, 0.25) is 15.9 Å². The van der Waals surface area contributed by atoms with Gasteiger partial charge in [-0.15, -0.1) is 0 Å². The lowest BCUT2D eigenvalue weighted by Crippen LogP contribution is -2.39. The Hall–Kier alpha value is -3.13. The smallest absolute Gasteiger partial charge is 0.245 e. The highest BCUT2D eigenvalue weighted by molar-refractivity contribution is 7.89. The third kappa shape index (κ3) is 4.80. The Morgan fingerprint density at radius 1 is 1.12 bits per heavy atom. The summed E-state index contributed by atoms with van der Waals surface area (Å²) < 4.78 is 27.8. The number of amides is 1. The van der Waals surface area contributed by atoms with Crippen molar-refractivity contribution in [2.45, 2.75) is 30.3 Å². The van der Waals surface area contributed by atoms with Crippen LogP contribution in [0.3, 0.4) is 0 Å². The van der Waals surface area contributed by atoms with Crippen LogP contribution in [0.2, 0.25) is 0 Å². The molecule has 0 spiro atoms. The lowest BCUT2D eigenvalue weighted by Gasteiger charge is -2.28. The molecule has 33 heavy (non-hydrogen) atoms. The molecule has 0 bridgehead atoms. The number of aryl methyl sites for hydroxylation is 1. The molecule has 2 N–H and O–H groups in total. The Labute approximate surface area is 193 Å². The number of benzene rings is 1. The average Bonchev–Trinajstić information content (AvgIpc) is 3.36. The van der Waals surface area contributed by atoms with Crippen LogP contribution < -0.4 is 5.14 Å². The molecule has 1 atom stereocenters. The van der Waals surface area contributed by atoms with Gasteiger partial charge in [0, 0.05) is 44.0 Å². The molecule has 0 radical (unpaired) electrons. The van der Waals surface area contributed by atoms with Crippen LogP contribution in [-0.4, -0.2) is 66.5 Å². The molecule has 3 heterocycles. The first-order chi connectivity index (χ1) is 15.8. The number of nitrogens with two attached hydrogens (primary N) is 1. The summed E-state index contributed by atoms with van der Waals surface area (Å²) in [4.78, 5) is 17.9. The zero-order chi connectivity index (χ0) is 23.6. The number of fused-ring (bicyclic) bond motifs is 1. The van der Waals surface area contributed by atoms with Gasteiger partial charge in [-0.1, -0.05) is 6.07 Å². The van der Waals surface area contributed by atoms with Crippen LogP contribution in [-0.2, 0) is 21.4 Å². The van der Waals surface area contributed by atoms with Crippen molar-refractivity contribution in [3.05, 3.63) is 54.5 Å². The van der Waals surface area contributed by atoms with E-state index in [0.717, 1.165) is 19.5 Å². The molecule has 1 aliphatic heterocycles. The third-order valence-electron chi connectivity index (χ3n) is 6.27. The normalized spacial score (nSPS) is 16.5. The lowest BCUT2D eigenvalue weighted by atomic mass is 10.1. The number of likely N-dealkylation sites (N-methyl/N-ethyl adjacent to an activating group) is 1. The van der Waals surface area contributed by atoms with E-state index in [0.29, 0.717) is 42.7 Å². The summed E-state index contributed by atoms with van der Waals surface area (Å²) in [6.45, 7) is 3.54. The van der Waals surface area contributed by atoms with Crippen LogP contribution >= 0.6 is 0 Å². The van der Waals surface area contributed by atoms with Crippen LogP contribution in [0, 0.1) is 11.3 Å². The highest BCUT2D eigenvalue weighted by Crippen LogP contribution is 2.29. The minimum Gasteiger partial charge on any atom is -0.340 e. The molecular weight excluding hydrogens is 440 g/mol. The van der Waals surface area contributed by atoms with E-state index in [9.17, 15) is 18.5 Å². The average molecular weight is 469 g/mol. The second-order valence-electron chi connectivity index (χ2n) is 8.44. The first-order valence-electron chi connectivity index (χ1n) is 10.9. The van der Waals surface area contributed by atoms with Crippen molar-refractivity contribution in [1.82, 2.24) is 18.9 Å². The molecule has 1 saturated heterocycles. The maximum absolute atomic E-state index is 13.8. The van der Waals surface area contributed by atoms with Crippen molar-refractivity contribution in [2.24, 2.45) is 5.14 Å². The van der Waals surface area contributed by atoms with Crippen LogP contribution in [0.1, 0.15) is 24.6 Å². The van der Waals surface area contributed by atoms with Gasteiger partial charge in [-0.05, 0) is 56.8 Å². The number of hydrogen-bond acceptors (Lipinski definition) is 5. The second-order valence-corrected chi connectivity index (χ2v) is 9.97. The summed E-state index contributed by atoms with van der Waals surface area (Å²) in [6.07, 6.45) is 4.94. The molecule has 4 rings (SSSR count). The molecule has 1 aliphatic rings. The standard InChI is InChI=1S/C23H28N6O3S/c1-26-10-4-12-28(16-15-26)23(30)21(9-13-27-11-3-5-18(27)17-24)29-14-8-19-20(29)6-2-7-22(19)33(25,31)32/h2-3,5-8,11,14,21H,4,9-10,12-13,15-16H2,1H3,(H2,25,31,32). The van der Waals surface area contributed by atoms with E-state index in [4.69, 9.17) is 5.14 Å². The van der Waals surface area contributed by atoms with E-state index in [1.807, 2.05) is 26.3 Å². The summed E-state index contributed by atoms with van der Waals surface area (Å²) >= 11 is 0. The number of sulfonamides is 1. The molecule has 0 aliphatic carbocycles. The number of carbonyl (C=O) groups excluding carboxylic acids is 1. The fourth-order valence-corrected chi connectivity index (χ4v) is 5.26. The summed E-state index contributed by atoms with van der Waals surface area (Å²) in [5.41, 5.74) is 1.17. The minimum atomic E-state index is -3.90. The van der Waals surface area contributed by atoms with Crippen molar-refractivity contribution in [2.75, 3.05) is 33.2 Å². The summed E-state index contributed by atoms with van der Waals surface area (Å²) in [6, 6.07) is 11.8. The molecule has 2 aromatic heterocycles. The molecule has 1 amide bonds. The van der Waals surface area contributed by atoms with Gasteiger partial charge >= 0.3 is 0 Å². The molecule has 10 heteroatoms. The van der Waals surface area contributed by atoms with Crippen molar-refractivity contribution >= 4 is 26.8 Å². The van der Waals surface area contributed by atoms with Crippen molar-refractivity contribution in [1.29, 1.82) is 5.26 Å². The van der Waals surface area contributed by atoms with Gasteiger partial charge in [0.05, 0.1) is 10.4 Å². The Kier molecular flexibility index (Phi) is 6.56. The molecule has 174 valence electrons. The maximum Gasteiger partial charge on any atom is 0.245 e. The van der Waals surface area contributed by atoms with E-state index in [1.54, 1.807) is 30.5 Å². The van der Waals surface area contributed by atoms with Gasteiger partial charge in [-0.3, -0.25) is 4.79 Å². The van der Waals surface area contributed by atoms with Gasteiger partial charge in [0.25, 0.3) is 0 Å². The van der Waals surface area contributed by atoms with Crippen LogP contribution in [0.4, 0.5) is 0 Å². The summed E-state index contributed by atoms with van der Waals surface area (Å²) in [5.74, 6) is -0.00512. The Morgan fingerprint density at radius 3 is 2.70 bits per heavy atom. The zero-order valence-electron chi connectivity index (χ0n) is 18.6. The minimum absolute atomic E-state index is 0.00512. The van der Waals surface area contributed by atoms with Gasteiger partial charge in [-0.2, -0.15) is 5.26 Å². The first-order valence-corrected chi connectivity index (χ1v) is 12.5. The number of carbonyl (C=O) groups is 1. The van der Waals surface area contributed by atoms with Crippen molar-refractivity contribution < 1.29 is 13.2 Å². The predicted molar refractivity (Wildman–Crippen MR) is 125 cm³/mol. The second kappa shape index (κ2) is 9.39. The Bertz CT molecular complexity index is 1300. The first kappa shape index (κ1) is 23.0.